The summed E-state index contributed by atoms with van der Waals surface area (Å²) in [4.78, 5) is 4.45. The van der Waals surface area contributed by atoms with Crippen LogP contribution in [-0.2, 0) is 4.74 Å². The molecule has 0 aliphatic carbocycles. The molecule has 21 heavy (non-hydrogen) atoms. The lowest BCUT2D eigenvalue weighted by Crippen LogP contribution is -2.18. The van der Waals surface area contributed by atoms with Crippen LogP contribution in [0.1, 0.15) is 18.4 Å². The molecule has 1 aliphatic rings. The molecule has 3 rings (SSSR count). The van der Waals surface area contributed by atoms with E-state index in [1.807, 2.05) is 18.2 Å². The summed E-state index contributed by atoms with van der Waals surface area (Å²) in [5.41, 5.74) is 6.52. The molecule has 0 radical (unpaired) electrons. The molecule has 6 nitrogen and oxygen atoms in total. The fourth-order valence-electron chi connectivity index (χ4n) is 2.46. The van der Waals surface area contributed by atoms with Crippen molar-refractivity contribution in [3.8, 4) is 17.1 Å². The zero-order valence-electron chi connectivity index (χ0n) is 11.6. The molecule has 0 unspecified atom stereocenters. The first-order chi connectivity index (χ1) is 10.2. The van der Waals surface area contributed by atoms with Crippen molar-refractivity contribution < 1.29 is 14.0 Å². The van der Waals surface area contributed by atoms with Crippen LogP contribution in [0.5, 0.6) is 5.75 Å². The highest BCUT2D eigenvalue weighted by atomic mass is 79.9. The van der Waals surface area contributed by atoms with Crippen molar-refractivity contribution in [3.63, 3.8) is 0 Å². The Hall–Kier alpha value is -1.44. The molecule has 1 aromatic carbocycles. The first-order valence-electron chi connectivity index (χ1n) is 6.72. The summed E-state index contributed by atoms with van der Waals surface area (Å²) < 4.78 is 17.3. The van der Waals surface area contributed by atoms with Gasteiger partial charge in [0.1, 0.15) is 11.9 Å². The Bertz CT molecular complexity index is 632. The lowest BCUT2D eigenvalue weighted by atomic mass is 10.0. The quantitative estimate of drug-likeness (QED) is 0.909. The van der Waals surface area contributed by atoms with Crippen molar-refractivity contribution in [1.82, 2.24) is 10.1 Å². The van der Waals surface area contributed by atoms with Gasteiger partial charge in [-0.1, -0.05) is 21.1 Å². The van der Waals surface area contributed by atoms with Gasteiger partial charge >= 0.3 is 0 Å². The Morgan fingerprint density at radius 1 is 1.48 bits per heavy atom. The van der Waals surface area contributed by atoms with E-state index in [2.05, 4.69) is 26.1 Å². The van der Waals surface area contributed by atoms with Crippen LogP contribution >= 0.6 is 15.9 Å². The maximum atomic E-state index is 5.75. The van der Waals surface area contributed by atoms with Crippen LogP contribution in [-0.4, -0.2) is 30.4 Å². The Labute approximate surface area is 130 Å². The second-order valence-electron chi connectivity index (χ2n) is 4.88. The molecule has 112 valence electrons. The SMILES string of the molecule is COc1cc(Br)ccc1-c1noc([C@H]2OCC[C@H]2CN)n1. The Balaban J connectivity index is 1.91. The fourth-order valence-corrected chi connectivity index (χ4v) is 2.80. The average Bonchev–Trinajstić information content (AvgIpc) is 3.15. The fraction of sp³-hybridized carbons (Fsp3) is 0.429. The van der Waals surface area contributed by atoms with Crippen LogP contribution in [0.15, 0.2) is 27.2 Å². The number of nitrogens with two attached hydrogens (primary N) is 1. The van der Waals surface area contributed by atoms with Crippen LogP contribution in [0.3, 0.4) is 0 Å². The van der Waals surface area contributed by atoms with Gasteiger partial charge in [-0.25, -0.2) is 0 Å². The van der Waals surface area contributed by atoms with Gasteiger partial charge in [-0.15, -0.1) is 0 Å². The molecular formula is C14H16BrN3O3. The van der Waals surface area contributed by atoms with Gasteiger partial charge in [0.15, 0.2) is 0 Å². The number of methoxy groups -OCH3 is 1. The van der Waals surface area contributed by atoms with Gasteiger partial charge in [0.05, 0.1) is 12.7 Å². The van der Waals surface area contributed by atoms with Gasteiger partial charge in [0, 0.05) is 17.0 Å². The van der Waals surface area contributed by atoms with E-state index >= 15 is 0 Å². The summed E-state index contributed by atoms with van der Waals surface area (Å²) in [7, 11) is 1.61. The normalized spacial score (nSPS) is 21.7. The minimum Gasteiger partial charge on any atom is -0.496 e. The van der Waals surface area contributed by atoms with E-state index < -0.39 is 0 Å². The van der Waals surface area contributed by atoms with E-state index in [0.717, 1.165) is 16.5 Å². The molecule has 0 bridgehead atoms. The minimum absolute atomic E-state index is 0.210. The van der Waals surface area contributed by atoms with Crippen molar-refractivity contribution in [3.05, 3.63) is 28.6 Å². The van der Waals surface area contributed by atoms with E-state index in [1.165, 1.54) is 0 Å². The summed E-state index contributed by atoms with van der Waals surface area (Å²) in [6, 6.07) is 5.65. The summed E-state index contributed by atoms with van der Waals surface area (Å²) in [5, 5.41) is 4.04. The smallest absolute Gasteiger partial charge is 0.256 e. The minimum atomic E-state index is -0.210. The highest BCUT2D eigenvalue weighted by Gasteiger charge is 2.33. The zero-order valence-corrected chi connectivity index (χ0v) is 13.2. The van der Waals surface area contributed by atoms with E-state index in [9.17, 15) is 0 Å². The largest absolute Gasteiger partial charge is 0.496 e. The number of hydrogen-bond donors (Lipinski definition) is 1. The van der Waals surface area contributed by atoms with Gasteiger partial charge < -0.3 is 19.7 Å². The molecule has 1 aromatic heterocycles. The first-order valence-corrected chi connectivity index (χ1v) is 7.51. The Kier molecular flexibility index (Phi) is 4.23. The third kappa shape index (κ3) is 2.81. The summed E-state index contributed by atoms with van der Waals surface area (Å²) in [6.07, 6.45) is 0.707. The topological polar surface area (TPSA) is 83.4 Å². The lowest BCUT2D eigenvalue weighted by molar-refractivity contribution is 0.0642. The number of ether oxygens (including phenoxy) is 2. The third-order valence-electron chi connectivity index (χ3n) is 3.61. The molecule has 7 heteroatoms. The second kappa shape index (κ2) is 6.13. The van der Waals surface area contributed by atoms with Crippen molar-refractivity contribution in [2.45, 2.75) is 12.5 Å². The summed E-state index contributed by atoms with van der Waals surface area (Å²) in [6.45, 7) is 1.22. The van der Waals surface area contributed by atoms with Gasteiger partial charge in [-0.3, -0.25) is 0 Å². The maximum absolute atomic E-state index is 5.75. The predicted octanol–water partition coefficient (Wildman–Crippen LogP) is 2.54. The monoisotopic (exact) mass is 353 g/mol. The number of aromatic nitrogens is 2. The molecule has 1 fully saturated rings. The van der Waals surface area contributed by atoms with Crippen LogP contribution in [0.4, 0.5) is 0 Å². The van der Waals surface area contributed by atoms with Crippen LogP contribution in [0, 0.1) is 5.92 Å². The lowest BCUT2D eigenvalue weighted by Gasteiger charge is -2.11. The van der Waals surface area contributed by atoms with Crippen molar-refractivity contribution in [2.24, 2.45) is 11.7 Å². The van der Waals surface area contributed by atoms with Crippen molar-refractivity contribution in [2.75, 3.05) is 20.3 Å². The number of halogens is 1. The molecule has 0 amide bonds. The number of benzene rings is 1. The third-order valence-corrected chi connectivity index (χ3v) is 4.10. The van der Waals surface area contributed by atoms with Crippen molar-refractivity contribution >= 4 is 15.9 Å². The zero-order chi connectivity index (χ0) is 14.8. The van der Waals surface area contributed by atoms with Crippen molar-refractivity contribution in [1.29, 1.82) is 0 Å². The summed E-state index contributed by atoms with van der Waals surface area (Å²) in [5.74, 6) is 1.87. The average molecular weight is 354 g/mol. The van der Waals surface area contributed by atoms with Gasteiger partial charge in [-0.05, 0) is 31.2 Å². The molecule has 2 heterocycles. The van der Waals surface area contributed by atoms with E-state index in [1.54, 1.807) is 7.11 Å². The molecule has 1 aliphatic heterocycles. The van der Waals surface area contributed by atoms with Crippen LogP contribution < -0.4 is 10.5 Å². The van der Waals surface area contributed by atoms with Gasteiger partial charge in [-0.2, -0.15) is 4.98 Å². The molecule has 2 N–H and O–H groups in total. The number of rotatable bonds is 4. The van der Waals surface area contributed by atoms with Gasteiger partial charge in [0.2, 0.25) is 5.82 Å². The Morgan fingerprint density at radius 2 is 2.33 bits per heavy atom. The maximum Gasteiger partial charge on any atom is 0.256 e. The molecule has 2 atom stereocenters. The Morgan fingerprint density at radius 3 is 3.10 bits per heavy atom. The molecule has 2 aromatic rings. The van der Waals surface area contributed by atoms with Crippen LogP contribution in [0.2, 0.25) is 0 Å². The van der Waals surface area contributed by atoms with E-state index in [0.29, 0.717) is 30.6 Å². The van der Waals surface area contributed by atoms with E-state index in [-0.39, 0.29) is 12.0 Å². The van der Waals surface area contributed by atoms with Gasteiger partial charge in [0.25, 0.3) is 5.89 Å². The summed E-state index contributed by atoms with van der Waals surface area (Å²) >= 11 is 3.41. The molecule has 0 spiro atoms. The highest BCUT2D eigenvalue weighted by Crippen LogP contribution is 2.35. The highest BCUT2D eigenvalue weighted by molar-refractivity contribution is 9.10. The number of hydrogen-bond acceptors (Lipinski definition) is 6. The molecule has 1 saturated heterocycles. The molecular weight excluding hydrogens is 338 g/mol. The second-order valence-corrected chi connectivity index (χ2v) is 5.79. The van der Waals surface area contributed by atoms with Crippen LogP contribution in [0.25, 0.3) is 11.4 Å². The first kappa shape index (κ1) is 14.5. The van der Waals surface area contributed by atoms with E-state index in [4.69, 9.17) is 19.7 Å². The number of nitrogens with zero attached hydrogens (tertiary/aromatic N) is 2. The predicted molar refractivity (Wildman–Crippen MR) is 79.8 cm³/mol. The molecule has 0 saturated carbocycles. The standard InChI is InChI=1S/C14H16BrN3O3/c1-19-11-6-9(15)2-3-10(11)13-17-14(21-18-13)12-8(7-16)4-5-20-12/h2-3,6,8,12H,4-5,7,16H2,1H3/t8-,12-/m0/s1.